The van der Waals surface area contributed by atoms with E-state index in [0.29, 0.717) is 0 Å². The van der Waals surface area contributed by atoms with Crippen LogP contribution in [0.25, 0.3) is 0 Å². The summed E-state index contributed by atoms with van der Waals surface area (Å²) >= 11 is 17.1. The summed E-state index contributed by atoms with van der Waals surface area (Å²) in [6.07, 6.45) is 0. The van der Waals surface area contributed by atoms with Gasteiger partial charge >= 0.3 is 0 Å². The van der Waals surface area contributed by atoms with E-state index in [2.05, 4.69) is 72.2 Å². The Kier molecular flexibility index (Phi) is 5.71. The van der Waals surface area contributed by atoms with E-state index in [4.69, 9.17) is 11.6 Å². The maximum absolute atomic E-state index is 6.43. The molecule has 0 aliphatic rings. The molecule has 1 nitrogen and oxygen atoms in total. The highest BCUT2D eigenvalue weighted by molar-refractivity contribution is 9.11. The van der Waals surface area contributed by atoms with Gasteiger partial charge in [0.15, 0.2) is 0 Å². The van der Waals surface area contributed by atoms with Crippen molar-refractivity contribution in [2.75, 3.05) is 7.05 Å². The van der Waals surface area contributed by atoms with Gasteiger partial charge in [0.05, 0.1) is 11.1 Å². The largest absolute Gasteiger partial charge is 0.309 e. The van der Waals surface area contributed by atoms with Gasteiger partial charge in [-0.15, -0.1) is 0 Å². The summed E-state index contributed by atoms with van der Waals surface area (Å²) < 4.78 is 3.05. The van der Waals surface area contributed by atoms with Crippen LogP contribution in [-0.4, -0.2) is 7.05 Å². The molecule has 0 heterocycles. The topological polar surface area (TPSA) is 12.0 Å². The molecule has 106 valence electrons. The van der Waals surface area contributed by atoms with Gasteiger partial charge in [-0.1, -0.05) is 55.6 Å². The van der Waals surface area contributed by atoms with Crippen molar-refractivity contribution in [2.24, 2.45) is 0 Å². The fourth-order valence-corrected chi connectivity index (χ4v) is 3.77. The standard InChI is InChI=1S/C15H13Br3ClN/c1-8-6-13(18)10(7-12(8)17)15(20-2)9-4-3-5-11(16)14(9)19/h3-7,15,20H,1-2H3. The van der Waals surface area contributed by atoms with E-state index in [0.717, 1.165) is 29.6 Å². The second-order valence-electron chi connectivity index (χ2n) is 4.49. The Bertz CT molecular complexity index is 643. The lowest BCUT2D eigenvalue weighted by Crippen LogP contribution is -2.18. The van der Waals surface area contributed by atoms with Gasteiger partial charge in [0.1, 0.15) is 0 Å². The Balaban J connectivity index is 2.58. The highest BCUT2D eigenvalue weighted by Gasteiger charge is 2.19. The molecule has 1 unspecified atom stereocenters. The van der Waals surface area contributed by atoms with Crippen LogP contribution in [0.2, 0.25) is 5.02 Å². The summed E-state index contributed by atoms with van der Waals surface area (Å²) in [7, 11) is 1.93. The molecular weight excluding hydrogens is 469 g/mol. The van der Waals surface area contributed by atoms with Crippen LogP contribution < -0.4 is 5.32 Å². The van der Waals surface area contributed by atoms with Gasteiger partial charge in [0.2, 0.25) is 0 Å². The van der Waals surface area contributed by atoms with Gasteiger partial charge in [0.25, 0.3) is 0 Å². The van der Waals surface area contributed by atoms with Gasteiger partial charge in [0, 0.05) is 13.4 Å². The predicted molar refractivity (Wildman–Crippen MR) is 96.6 cm³/mol. The first-order valence-electron chi connectivity index (χ1n) is 6.02. The van der Waals surface area contributed by atoms with Gasteiger partial charge in [-0.2, -0.15) is 0 Å². The van der Waals surface area contributed by atoms with Crippen molar-refractivity contribution in [2.45, 2.75) is 13.0 Å². The summed E-state index contributed by atoms with van der Waals surface area (Å²) in [6.45, 7) is 2.07. The van der Waals surface area contributed by atoms with Gasteiger partial charge in [-0.3, -0.25) is 0 Å². The Morgan fingerprint density at radius 3 is 2.35 bits per heavy atom. The van der Waals surface area contributed by atoms with E-state index in [9.17, 15) is 0 Å². The van der Waals surface area contributed by atoms with Gasteiger partial charge in [-0.25, -0.2) is 0 Å². The molecular formula is C15H13Br3ClN. The zero-order valence-electron chi connectivity index (χ0n) is 11.0. The Hall–Kier alpha value is 0.130. The van der Waals surface area contributed by atoms with E-state index >= 15 is 0 Å². The highest BCUT2D eigenvalue weighted by Crippen LogP contribution is 2.37. The third-order valence-electron chi connectivity index (χ3n) is 3.17. The normalized spacial score (nSPS) is 12.5. The molecule has 0 aromatic heterocycles. The number of hydrogen-bond acceptors (Lipinski definition) is 1. The van der Waals surface area contributed by atoms with E-state index in [1.807, 2.05) is 25.2 Å². The summed E-state index contributed by atoms with van der Waals surface area (Å²) in [6, 6.07) is 10.2. The Morgan fingerprint density at radius 1 is 1.00 bits per heavy atom. The molecule has 0 aliphatic heterocycles. The minimum atomic E-state index is 0.0197. The lowest BCUT2D eigenvalue weighted by Gasteiger charge is -2.21. The molecule has 5 heteroatoms. The molecule has 0 spiro atoms. The number of benzene rings is 2. The highest BCUT2D eigenvalue weighted by atomic mass is 79.9. The first-order valence-corrected chi connectivity index (χ1v) is 8.78. The van der Waals surface area contributed by atoms with Gasteiger partial charge < -0.3 is 5.32 Å². The molecule has 0 radical (unpaired) electrons. The van der Waals surface area contributed by atoms with Crippen LogP contribution in [0.5, 0.6) is 0 Å². The van der Waals surface area contributed by atoms with Crippen molar-refractivity contribution in [1.82, 2.24) is 5.32 Å². The number of halogens is 4. The molecule has 2 aromatic rings. The van der Waals surface area contributed by atoms with Crippen LogP contribution in [0.15, 0.2) is 43.7 Å². The number of aryl methyl sites for hydroxylation is 1. The molecule has 0 fully saturated rings. The minimum Gasteiger partial charge on any atom is -0.309 e. The molecule has 0 aliphatic carbocycles. The van der Waals surface area contributed by atoms with Crippen LogP contribution in [0, 0.1) is 6.92 Å². The van der Waals surface area contributed by atoms with Crippen molar-refractivity contribution in [3.8, 4) is 0 Å². The third-order valence-corrected chi connectivity index (χ3v) is 6.02. The fourth-order valence-electron chi connectivity index (χ4n) is 2.10. The lowest BCUT2D eigenvalue weighted by molar-refractivity contribution is 0.688. The Labute approximate surface area is 149 Å². The molecule has 2 aromatic carbocycles. The zero-order chi connectivity index (χ0) is 14.9. The number of rotatable bonds is 3. The smallest absolute Gasteiger partial charge is 0.0601 e. The van der Waals surface area contributed by atoms with E-state index in [-0.39, 0.29) is 6.04 Å². The van der Waals surface area contributed by atoms with Crippen molar-refractivity contribution in [1.29, 1.82) is 0 Å². The fraction of sp³-hybridized carbons (Fsp3) is 0.200. The summed E-state index contributed by atoms with van der Waals surface area (Å²) in [5, 5.41) is 4.07. The monoisotopic (exact) mass is 479 g/mol. The third kappa shape index (κ3) is 3.30. The van der Waals surface area contributed by atoms with Crippen molar-refractivity contribution in [3.05, 3.63) is 65.5 Å². The quantitative estimate of drug-likeness (QED) is 0.546. The molecule has 1 atom stereocenters. The molecule has 0 saturated carbocycles. The minimum absolute atomic E-state index is 0.0197. The summed E-state index contributed by atoms with van der Waals surface area (Å²) in [4.78, 5) is 0. The molecule has 0 saturated heterocycles. The van der Waals surface area contributed by atoms with E-state index in [1.54, 1.807) is 0 Å². The molecule has 2 rings (SSSR count). The summed E-state index contributed by atoms with van der Waals surface area (Å²) in [5.41, 5.74) is 3.38. The maximum Gasteiger partial charge on any atom is 0.0601 e. The lowest BCUT2D eigenvalue weighted by atomic mass is 9.98. The average molecular weight is 482 g/mol. The van der Waals surface area contributed by atoms with Crippen LogP contribution >= 0.6 is 59.4 Å². The average Bonchev–Trinajstić information content (AvgIpc) is 2.41. The predicted octanol–water partition coefficient (Wildman–Crippen LogP) is 6.24. The molecule has 1 N–H and O–H groups in total. The van der Waals surface area contributed by atoms with Crippen LogP contribution in [0.4, 0.5) is 0 Å². The first-order chi connectivity index (χ1) is 9.45. The van der Waals surface area contributed by atoms with Crippen LogP contribution in [0.3, 0.4) is 0 Å². The summed E-state index contributed by atoms with van der Waals surface area (Å²) in [5.74, 6) is 0. The molecule has 0 bridgehead atoms. The zero-order valence-corrected chi connectivity index (χ0v) is 16.5. The second-order valence-corrected chi connectivity index (χ2v) is 7.43. The molecule has 20 heavy (non-hydrogen) atoms. The number of hydrogen-bond donors (Lipinski definition) is 1. The van der Waals surface area contributed by atoms with E-state index in [1.165, 1.54) is 5.56 Å². The van der Waals surface area contributed by atoms with Crippen molar-refractivity contribution < 1.29 is 0 Å². The second kappa shape index (κ2) is 6.93. The molecule has 0 amide bonds. The SMILES string of the molecule is CNC(c1cc(Br)c(C)cc1Br)c1cccc(Br)c1Cl. The van der Waals surface area contributed by atoms with Crippen molar-refractivity contribution >= 4 is 59.4 Å². The Morgan fingerprint density at radius 2 is 1.70 bits per heavy atom. The van der Waals surface area contributed by atoms with Crippen molar-refractivity contribution in [3.63, 3.8) is 0 Å². The van der Waals surface area contributed by atoms with Crippen LogP contribution in [0.1, 0.15) is 22.7 Å². The first kappa shape index (κ1) is 16.5. The van der Waals surface area contributed by atoms with E-state index < -0.39 is 0 Å². The number of nitrogens with one attached hydrogen (secondary N) is 1. The van der Waals surface area contributed by atoms with Crippen LogP contribution in [-0.2, 0) is 0 Å². The van der Waals surface area contributed by atoms with Gasteiger partial charge in [-0.05, 0) is 64.8 Å². The maximum atomic E-state index is 6.43.